The van der Waals surface area contributed by atoms with E-state index in [-0.39, 0.29) is 6.10 Å². The highest BCUT2D eigenvalue weighted by Crippen LogP contribution is 2.38. The van der Waals surface area contributed by atoms with Crippen LogP contribution in [-0.4, -0.2) is 72.8 Å². The van der Waals surface area contributed by atoms with Crippen LogP contribution in [0.1, 0.15) is 52.2 Å². The van der Waals surface area contributed by atoms with Crippen LogP contribution in [0.5, 0.6) is 0 Å². The summed E-state index contributed by atoms with van der Waals surface area (Å²) in [5.74, 6) is -0.595. The molecule has 6 rings (SSSR count). The van der Waals surface area contributed by atoms with Gasteiger partial charge in [0.15, 0.2) is 6.29 Å². The van der Waals surface area contributed by atoms with Gasteiger partial charge in [-0.25, -0.2) is 9.48 Å². The predicted molar refractivity (Wildman–Crippen MR) is 158 cm³/mol. The average molecular weight is 593 g/mol. The van der Waals surface area contributed by atoms with E-state index in [0.717, 1.165) is 61.4 Å². The summed E-state index contributed by atoms with van der Waals surface area (Å²) in [4.78, 5) is 28.4. The van der Waals surface area contributed by atoms with Crippen molar-refractivity contribution >= 4 is 56.9 Å². The monoisotopic (exact) mass is 592 g/mol. The molecular formula is C29H32N6O4S2. The van der Waals surface area contributed by atoms with Gasteiger partial charge in [0, 0.05) is 30.6 Å². The molecule has 1 aromatic carbocycles. The van der Waals surface area contributed by atoms with Crippen LogP contribution in [0.15, 0.2) is 47.3 Å². The highest BCUT2D eigenvalue weighted by Gasteiger charge is 2.45. The van der Waals surface area contributed by atoms with Crippen molar-refractivity contribution in [3.05, 3.63) is 62.6 Å². The van der Waals surface area contributed by atoms with Gasteiger partial charge in [-0.1, -0.05) is 17.3 Å². The van der Waals surface area contributed by atoms with Crippen LogP contribution in [0.4, 0.5) is 0 Å². The van der Waals surface area contributed by atoms with Crippen LogP contribution in [-0.2, 0) is 28.7 Å². The second-order valence-electron chi connectivity index (χ2n) is 10.6. The summed E-state index contributed by atoms with van der Waals surface area (Å²) >= 11 is 2.71. The maximum Gasteiger partial charge on any atom is 0.349 e. The van der Waals surface area contributed by atoms with Crippen molar-refractivity contribution in [1.29, 1.82) is 0 Å². The van der Waals surface area contributed by atoms with E-state index in [9.17, 15) is 14.7 Å². The number of hydrogen-bond donors (Lipinski definition) is 1. The van der Waals surface area contributed by atoms with Gasteiger partial charge in [-0.15, -0.1) is 27.8 Å². The van der Waals surface area contributed by atoms with Crippen molar-refractivity contribution in [2.24, 2.45) is 7.05 Å². The second-order valence-corrected chi connectivity index (χ2v) is 12.5. The Morgan fingerprint density at radius 2 is 1.88 bits per heavy atom. The Morgan fingerprint density at radius 3 is 2.51 bits per heavy atom. The number of thiophene rings is 2. The molecule has 10 nitrogen and oxygen atoms in total. The van der Waals surface area contributed by atoms with Gasteiger partial charge in [-0.2, -0.15) is 5.10 Å². The maximum atomic E-state index is 13.3. The molecule has 1 aliphatic carbocycles. The van der Waals surface area contributed by atoms with E-state index in [2.05, 4.69) is 27.4 Å². The fourth-order valence-electron chi connectivity index (χ4n) is 5.86. The molecule has 0 amide bonds. The number of carbonyl (C=O) groups excluding carboxylic acids is 2. The van der Waals surface area contributed by atoms with E-state index in [1.165, 1.54) is 22.7 Å². The minimum Gasteiger partial charge on any atom is -0.460 e. The molecule has 1 N–H and O–H groups in total. The predicted octanol–water partition coefficient (Wildman–Crippen LogP) is 4.37. The SMILES string of the molecule is CN(CCCn1nnc2cc(C=O)c3cnn(C)c3c21)C1CCC(OC(=O)C(O)(c2cccs2)c2cccs2)CC1. The third-order valence-electron chi connectivity index (χ3n) is 8.13. The number of carbonyl (C=O) groups is 2. The lowest BCUT2D eigenvalue weighted by Gasteiger charge is -2.35. The number of benzene rings is 1. The van der Waals surface area contributed by atoms with Gasteiger partial charge < -0.3 is 14.7 Å². The van der Waals surface area contributed by atoms with Crippen LogP contribution in [0, 0.1) is 0 Å². The van der Waals surface area contributed by atoms with Gasteiger partial charge in [0.25, 0.3) is 0 Å². The van der Waals surface area contributed by atoms with Gasteiger partial charge in [0.1, 0.15) is 17.1 Å². The third kappa shape index (κ3) is 5.09. The lowest BCUT2D eigenvalue weighted by molar-refractivity contribution is -0.169. The lowest BCUT2D eigenvalue weighted by atomic mass is 9.91. The zero-order chi connectivity index (χ0) is 28.6. The molecule has 4 heterocycles. The molecule has 0 aliphatic heterocycles. The number of hydrogen-bond acceptors (Lipinski definition) is 10. The van der Waals surface area contributed by atoms with E-state index in [1.54, 1.807) is 29.1 Å². The van der Waals surface area contributed by atoms with E-state index >= 15 is 0 Å². The van der Waals surface area contributed by atoms with E-state index in [0.29, 0.717) is 33.4 Å². The number of aromatic nitrogens is 5. The van der Waals surface area contributed by atoms with Gasteiger partial charge in [-0.3, -0.25) is 9.48 Å². The Hall–Kier alpha value is -3.45. The molecule has 4 aromatic heterocycles. The first-order chi connectivity index (χ1) is 19.9. The molecule has 41 heavy (non-hydrogen) atoms. The summed E-state index contributed by atoms with van der Waals surface area (Å²) in [6.07, 6.45) is 6.57. The summed E-state index contributed by atoms with van der Waals surface area (Å²) in [7, 11) is 4.00. The molecule has 1 aliphatic rings. The number of aliphatic hydroxyl groups is 1. The third-order valence-corrected chi connectivity index (χ3v) is 10.1. The smallest absolute Gasteiger partial charge is 0.349 e. The molecule has 0 saturated heterocycles. The van der Waals surface area contributed by atoms with Gasteiger partial charge in [-0.05, 0) is 74.7 Å². The molecular weight excluding hydrogens is 560 g/mol. The standard InChI is InChI=1S/C29H32N6O4S2/c1-33(12-5-13-35-27-23(31-32-35)16-19(18-36)22-17-30-34(2)26(22)27)20-8-10-21(11-9-20)39-28(37)29(38,24-6-3-14-40-24)25-7-4-15-41-25/h3-4,6-7,14-18,20-21,38H,5,8-13H2,1-2H3. The first kappa shape index (κ1) is 27.7. The van der Waals surface area contributed by atoms with Crippen LogP contribution < -0.4 is 0 Å². The van der Waals surface area contributed by atoms with Gasteiger partial charge >= 0.3 is 5.97 Å². The minimum atomic E-state index is -1.77. The quantitative estimate of drug-likeness (QED) is 0.188. The summed E-state index contributed by atoms with van der Waals surface area (Å²) in [5, 5.41) is 29.0. The highest BCUT2D eigenvalue weighted by atomic mass is 32.1. The van der Waals surface area contributed by atoms with Crippen molar-refractivity contribution < 1.29 is 19.4 Å². The molecule has 5 aromatic rings. The van der Waals surface area contributed by atoms with E-state index < -0.39 is 11.6 Å². The number of nitrogens with zero attached hydrogens (tertiary/aromatic N) is 6. The molecule has 0 unspecified atom stereocenters. The number of aldehydes is 1. The summed E-state index contributed by atoms with van der Waals surface area (Å²) in [6, 6.07) is 9.39. The fraction of sp³-hybridized carbons (Fsp3) is 0.414. The maximum absolute atomic E-state index is 13.3. The van der Waals surface area contributed by atoms with Crippen LogP contribution in [0.25, 0.3) is 21.9 Å². The Kier molecular flexibility index (Phi) is 7.73. The molecule has 1 fully saturated rings. The van der Waals surface area contributed by atoms with Crippen molar-refractivity contribution in [2.45, 2.75) is 56.4 Å². The molecule has 0 radical (unpaired) electrons. The molecule has 12 heteroatoms. The van der Waals surface area contributed by atoms with Crippen molar-refractivity contribution in [1.82, 2.24) is 29.7 Å². The summed E-state index contributed by atoms with van der Waals surface area (Å²) < 4.78 is 9.59. The van der Waals surface area contributed by atoms with Crippen molar-refractivity contribution in [3.63, 3.8) is 0 Å². The van der Waals surface area contributed by atoms with Crippen molar-refractivity contribution in [2.75, 3.05) is 13.6 Å². The van der Waals surface area contributed by atoms with Gasteiger partial charge in [0.2, 0.25) is 5.60 Å². The molecule has 0 spiro atoms. The Bertz CT molecular complexity index is 1620. The fourth-order valence-corrected chi connectivity index (χ4v) is 7.57. The number of esters is 1. The van der Waals surface area contributed by atoms with Gasteiger partial charge in [0.05, 0.1) is 21.5 Å². The topological polar surface area (TPSA) is 115 Å². The van der Waals surface area contributed by atoms with Crippen molar-refractivity contribution in [3.8, 4) is 0 Å². The second kappa shape index (κ2) is 11.4. The average Bonchev–Trinajstić information content (AvgIpc) is 3.81. The van der Waals surface area contributed by atoms with E-state index in [1.807, 2.05) is 34.6 Å². The normalized spacial score (nSPS) is 18.0. The van der Waals surface area contributed by atoms with Crippen LogP contribution >= 0.6 is 22.7 Å². The molecule has 1 saturated carbocycles. The summed E-state index contributed by atoms with van der Waals surface area (Å²) in [5.41, 5.74) is 1.24. The summed E-state index contributed by atoms with van der Waals surface area (Å²) in [6.45, 7) is 1.58. The molecule has 0 atom stereocenters. The molecule has 0 bridgehead atoms. The van der Waals surface area contributed by atoms with E-state index in [4.69, 9.17) is 4.74 Å². The Labute approximate surface area is 245 Å². The first-order valence-electron chi connectivity index (χ1n) is 13.7. The highest BCUT2D eigenvalue weighted by molar-refractivity contribution is 7.12. The first-order valence-corrected chi connectivity index (χ1v) is 15.5. The minimum absolute atomic E-state index is 0.210. The largest absolute Gasteiger partial charge is 0.460 e. The van der Waals surface area contributed by atoms with Crippen LogP contribution in [0.3, 0.4) is 0 Å². The molecule has 214 valence electrons. The Balaban J connectivity index is 1.04. The Morgan fingerprint density at radius 1 is 1.17 bits per heavy atom. The number of aryl methyl sites for hydroxylation is 2. The number of fused-ring (bicyclic) bond motifs is 3. The number of ether oxygens (including phenoxy) is 1. The van der Waals surface area contributed by atoms with Crippen LogP contribution in [0.2, 0.25) is 0 Å². The zero-order valence-electron chi connectivity index (χ0n) is 23.0. The zero-order valence-corrected chi connectivity index (χ0v) is 24.6. The number of rotatable bonds is 10. The lowest BCUT2D eigenvalue weighted by Crippen LogP contribution is -2.42.